The van der Waals surface area contributed by atoms with Gasteiger partial charge in [-0.05, 0) is 44.4 Å². The summed E-state index contributed by atoms with van der Waals surface area (Å²) in [5.41, 5.74) is 0.822. The highest BCUT2D eigenvalue weighted by Gasteiger charge is 2.19. The van der Waals surface area contributed by atoms with Crippen LogP contribution in [0.2, 0.25) is 0 Å². The van der Waals surface area contributed by atoms with Crippen LogP contribution in [0.4, 0.5) is 4.79 Å². The summed E-state index contributed by atoms with van der Waals surface area (Å²) in [6.07, 6.45) is 0.669. The highest BCUT2D eigenvalue weighted by atomic mass is 79.9. The van der Waals surface area contributed by atoms with Gasteiger partial charge in [0.05, 0.1) is 0 Å². The first-order chi connectivity index (χ1) is 7.39. The van der Waals surface area contributed by atoms with E-state index in [1.807, 2.05) is 38.1 Å². The van der Waals surface area contributed by atoms with E-state index < -0.39 is 6.09 Å². The largest absolute Gasteiger partial charge is 0.465 e. The second-order valence-electron chi connectivity index (χ2n) is 4.44. The number of aryl methyl sites for hydroxylation is 1. The molecule has 0 heterocycles. The maximum absolute atomic E-state index is 10.6. The predicted molar refractivity (Wildman–Crippen MR) is 67.7 cm³/mol. The van der Waals surface area contributed by atoms with E-state index in [9.17, 15) is 4.79 Å². The Hall–Kier alpha value is -1.03. The number of carbonyl (C=O) groups is 1. The van der Waals surface area contributed by atoms with Gasteiger partial charge in [-0.15, -0.1) is 0 Å². The van der Waals surface area contributed by atoms with Crippen molar-refractivity contribution in [1.29, 1.82) is 0 Å². The average Bonchev–Trinajstić information content (AvgIpc) is 2.15. The van der Waals surface area contributed by atoms with Crippen LogP contribution in [-0.2, 0) is 6.42 Å². The van der Waals surface area contributed by atoms with Gasteiger partial charge in [-0.2, -0.15) is 0 Å². The van der Waals surface area contributed by atoms with Crippen molar-refractivity contribution in [3.63, 3.8) is 0 Å². The zero-order valence-corrected chi connectivity index (χ0v) is 11.0. The molecule has 0 spiro atoms. The molecular formula is C12H16BrNO2. The number of benzene rings is 1. The summed E-state index contributed by atoms with van der Waals surface area (Å²) < 4.78 is 1.05. The number of nitrogens with one attached hydrogen (secondary N) is 1. The predicted octanol–water partition coefficient (Wildman–Crippen LogP) is 3.43. The fourth-order valence-corrected chi connectivity index (χ4v) is 1.72. The summed E-state index contributed by atoms with van der Waals surface area (Å²) in [5, 5.41) is 11.2. The second-order valence-corrected chi connectivity index (χ2v) is 5.36. The first-order valence-electron chi connectivity index (χ1n) is 5.15. The summed E-state index contributed by atoms with van der Waals surface area (Å²) in [4.78, 5) is 10.6. The van der Waals surface area contributed by atoms with Crippen molar-refractivity contribution in [2.24, 2.45) is 0 Å². The molecule has 0 saturated carbocycles. The maximum Gasteiger partial charge on any atom is 0.405 e. The Kier molecular flexibility index (Phi) is 4.35. The third kappa shape index (κ3) is 4.66. The van der Waals surface area contributed by atoms with E-state index in [0.29, 0.717) is 0 Å². The van der Waals surface area contributed by atoms with Gasteiger partial charge in [0.2, 0.25) is 0 Å². The molecule has 16 heavy (non-hydrogen) atoms. The highest BCUT2D eigenvalue weighted by molar-refractivity contribution is 9.10. The van der Waals surface area contributed by atoms with Crippen LogP contribution in [-0.4, -0.2) is 16.7 Å². The van der Waals surface area contributed by atoms with Crippen molar-refractivity contribution in [1.82, 2.24) is 5.32 Å². The molecule has 0 aliphatic heterocycles. The summed E-state index contributed by atoms with van der Waals surface area (Å²) in [6.45, 7) is 3.78. The van der Waals surface area contributed by atoms with Crippen LogP contribution >= 0.6 is 15.9 Å². The van der Waals surface area contributed by atoms with E-state index in [0.717, 1.165) is 17.3 Å². The molecular weight excluding hydrogens is 270 g/mol. The van der Waals surface area contributed by atoms with Gasteiger partial charge in [0.25, 0.3) is 0 Å². The van der Waals surface area contributed by atoms with E-state index in [-0.39, 0.29) is 5.54 Å². The van der Waals surface area contributed by atoms with E-state index in [4.69, 9.17) is 5.11 Å². The van der Waals surface area contributed by atoms with Crippen LogP contribution in [0.25, 0.3) is 0 Å². The van der Waals surface area contributed by atoms with Crippen LogP contribution in [0.3, 0.4) is 0 Å². The average molecular weight is 286 g/mol. The second kappa shape index (κ2) is 5.34. The van der Waals surface area contributed by atoms with Crippen LogP contribution in [0.1, 0.15) is 25.8 Å². The first-order valence-corrected chi connectivity index (χ1v) is 5.94. The fourth-order valence-electron chi connectivity index (χ4n) is 1.46. The van der Waals surface area contributed by atoms with Gasteiger partial charge in [0.1, 0.15) is 0 Å². The van der Waals surface area contributed by atoms with E-state index in [1.54, 1.807) is 0 Å². The van der Waals surface area contributed by atoms with E-state index >= 15 is 0 Å². The minimum atomic E-state index is -0.971. The van der Waals surface area contributed by atoms with Gasteiger partial charge in [-0.1, -0.05) is 28.1 Å². The molecule has 0 fully saturated rings. The number of rotatable bonds is 4. The lowest BCUT2D eigenvalue weighted by Gasteiger charge is -2.24. The van der Waals surface area contributed by atoms with Crippen molar-refractivity contribution in [2.75, 3.05) is 0 Å². The molecule has 4 heteroatoms. The molecule has 0 aliphatic carbocycles. The highest BCUT2D eigenvalue weighted by Crippen LogP contribution is 2.16. The third-order valence-corrected chi connectivity index (χ3v) is 2.93. The molecule has 0 aromatic heterocycles. The number of hydrogen-bond donors (Lipinski definition) is 2. The lowest BCUT2D eigenvalue weighted by Crippen LogP contribution is -2.42. The van der Waals surface area contributed by atoms with Gasteiger partial charge in [-0.25, -0.2) is 4.79 Å². The number of hydrogen-bond acceptors (Lipinski definition) is 1. The number of carboxylic acid groups (broad SMARTS) is 1. The normalized spacial score (nSPS) is 11.2. The molecule has 0 aliphatic rings. The molecule has 0 atom stereocenters. The molecule has 2 N–H and O–H groups in total. The molecule has 3 nitrogen and oxygen atoms in total. The Bertz CT molecular complexity index is 360. The van der Waals surface area contributed by atoms with Gasteiger partial charge < -0.3 is 10.4 Å². The standard InChI is InChI=1S/C12H16BrNO2/c1-12(2,14-11(15)16)8-7-9-3-5-10(13)6-4-9/h3-6,14H,7-8H2,1-2H3,(H,15,16). The third-order valence-electron chi connectivity index (χ3n) is 2.40. The zero-order valence-electron chi connectivity index (χ0n) is 9.46. The fraction of sp³-hybridized carbons (Fsp3) is 0.417. The molecule has 1 amide bonds. The molecule has 88 valence electrons. The van der Waals surface area contributed by atoms with Crippen molar-refractivity contribution < 1.29 is 9.90 Å². The minimum absolute atomic E-state index is 0.390. The monoisotopic (exact) mass is 285 g/mol. The summed E-state index contributed by atoms with van der Waals surface area (Å²) >= 11 is 3.38. The quantitative estimate of drug-likeness (QED) is 0.891. The Morgan fingerprint density at radius 2 is 1.94 bits per heavy atom. The Morgan fingerprint density at radius 1 is 1.38 bits per heavy atom. The molecule has 1 rings (SSSR count). The Balaban J connectivity index is 2.50. The van der Waals surface area contributed by atoms with E-state index in [1.165, 1.54) is 5.56 Å². The Morgan fingerprint density at radius 3 is 2.44 bits per heavy atom. The van der Waals surface area contributed by atoms with Crippen LogP contribution in [0.5, 0.6) is 0 Å². The molecule has 0 bridgehead atoms. The topological polar surface area (TPSA) is 49.3 Å². The lowest BCUT2D eigenvalue weighted by molar-refractivity contribution is 0.180. The summed E-state index contributed by atoms with van der Waals surface area (Å²) in [5.74, 6) is 0. The van der Waals surface area contributed by atoms with Crippen molar-refractivity contribution in [2.45, 2.75) is 32.2 Å². The van der Waals surface area contributed by atoms with Gasteiger partial charge >= 0.3 is 6.09 Å². The minimum Gasteiger partial charge on any atom is -0.465 e. The lowest BCUT2D eigenvalue weighted by atomic mass is 9.95. The molecule has 0 radical (unpaired) electrons. The smallest absolute Gasteiger partial charge is 0.405 e. The van der Waals surface area contributed by atoms with Crippen molar-refractivity contribution >= 4 is 22.0 Å². The van der Waals surface area contributed by atoms with Crippen molar-refractivity contribution in [3.05, 3.63) is 34.3 Å². The van der Waals surface area contributed by atoms with Crippen LogP contribution in [0.15, 0.2) is 28.7 Å². The van der Waals surface area contributed by atoms with Gasteiger partial charge in [0, 0.05) is 10.0 Å². The number of halogens is 1. The van der Waals surface area contributed by atoms with Gasteiger partial charge in [0.15, 0.2) is 0 Å². The SMILES string of the molecule is CC(C)(CCc1ccc(Br)cc1)NC(=O)O. The van der Waals surface area contributed by atoms with Crippen LogP contribution in [0, 0.1) is 0 Å². The number of amides is 1. The van der Waals surface area contributed by atoms with E-state index in [2.05, 4.69) is 21.2 Å². The molecule has 0 saturated heterocycles. The summed E-state index contributed by atoms with van der Waals surface area (Å²) in [6, 6.07) is 8.07. The molecule has 1 aromatic carbocycles. The molecule has 1 aromatic rings. The maximum atomic E-state index is 10.6. The zero-order chi connectivity index (χ0) is 12.2. The first kappa shape index (κ1) is 13.0. The van der Waals surface area contributed by atoms with Gasteiger partial charge in [-0.3, -0.25) is 0 Å². The molecule has 0 unspecified atom stereocenters. The Labute approximate surface area is 104 Å². The van der Waals surface area contributed by atoms with Crippen molar-refractivity contribution in [3.8, 4) is 0 Å². The summed E-state index contributed by atoms with van der Waals surface area (Å²) in [7, 11) is 0. The van der Waals surface area contributed by atoms with Crippen LogP contribution < -0.4 is 5.32 Å².